The van der Waals surface area contributed by atoms with Crippen molar-refractivity contribution in [2.75, 3.05) is 27.8 Å². The Bertz CT molecular complexity index is 1700. The quantitative estimate of drug-likeness (QED) is 0.229. The van der Waals surface area contributed by atoms with Gasteiger partial charge in [0, 0.05) is 5.69 Å². The van der Waals surface area contributed by atoms with Gasteiger partial charge in [0.2, 0.25) is 0 Å². The summed E-state index contributed by atoms with van der Waals surface area (Å²) in [5.41, 5.74) is 8.48. The summed E-state index contributed by atoms with van der Waals surface area (Å²) in [6, 6.07) is 25.6. The van der Waals surface area contributed by atoms with E-state index in [1.807, 2.05) is 77.7 Å². The maximum atomic E-state index is 14.6. The Hall–Kier alpha value is -5.16. The van der Waals surface area contributed by atoms with Gasteiger partial charge in [-0.15, -0.1) is 11.3 Å². The first-order chi connectivity index (χ1) is 22.0. The molecule has 3 amide bonds. The first-order valence-electron chi connectivity index (χ1n) is 14.8. The molecule has 1 aromatic heterocycles. The van der Waals surface area contributed by atoms with Crippen LogP contribution in [-0.4, -0.2) is 48.6 Å². The van der Waals surface area contributed by atoms with Gasteiger partial charge < -0.3 is 20.1 Å². The highest BCUT2D eigenvalue weighted by Crippen LogP contribution is 2.40. The SMILES string of the molecule is CC(C)(C)OC(=O)CN1C(=O)C(N(C(N)=O)c2sccc2CC(=O)OCc2ccccc2)CN(c2ccccc2)c2ccccc21. The molecular weight excluding hydrogens is 604 g/mol. The fraction of sp³-hybridized carbons (Fsp3) is 0.257. The second kappa shape index (κ2) is 13.9. The molecule has 238 valence electrons. The van der Waals surface area contributed by atoms with Gasteiger partial charge in [-0.05, 0) is 67.6 Å². The van der Waals surface area contributed by atoms with Gasteiger partial charge >= 0.3 is 18.0 Å². The summed E-state index contributed by atoms with van der Waals surface area (Å²) in [6.45, 7) is 4.98. The topological polar surface area (TPSA) is 122 Å². The molecule has 2 heterocycles. The van der Waals surface area contributed by atoms with Crippen LogP contribution in [0.1, 0.15) is 31.9 Å². The van der Waals surface area contributed by atoms with E-state index in [-0.39, 0.29) is 26.1 Å². The van der Waals surface area contributed by atoms with Crippen LogP contribution in [0.5, 0.6) is 0 Å². The van der Waals surface area contributed by atoms with Crippen molar-refractivity contribution in [2.24, 2.45) is 5.73 Å². The van der Waals surface area contributed by atoms with Crippen LogP contribution in [0.15, 0.2) is 96.4 Å². The zero-order valence-electron chi connectivity index (χ0n) is 25.9. The molecule has 5 rings (SSSR count). The van der Waals surface area contributed by atoms with Crippen molar-refractivity contribution in [3.63, 3.8) is 0 Å². The minimum Gasteiger partial charge on any atom is -0.461 e. The van der Waals surface area contributed by atoms with E-state index in [9.17, 15) is 19.2 Å². The summed E-state index contributed by atoms with van der Waals surface area (Å²) < 4.78 is 11.1. The lowest BCUT2D eigenvalue weighted by Gasteiger charge is -2.33. The van der Waals surface area contributed by atoms with Crippen molar-refractivity contribution < 1.29 is 28.7 Å². The minimum absolute atomic E-state index is 0.0173. The Morgan fingerprint density at radius 2 is 1.52 bits per heavy atom. The third kappa shape index (κ3) is 7.55. The van der Waals surface area contributed by atoms with E-state index in [0.29, 0.717) is 21.9 Å². The van der Waals surface area contributed by atoms with Crippen molar-refractivity contribution in [2.45, 2.75) is 45.4 Å². The predicted octanol–water partition coefficient (Wildman–Crippen LogP) is 5.81. The summed E-state index contributed by atoms with van der Waals surface area (Å²) >= 11 is 1.19. The highest BCUT2D eigenvalue weighted by atomic mass is 32.1. The molecule has 46 heavy (non-hydrogen) atoms. The van der Waals surface area contributed by atoms with Crippen LogP contribution in [0.4, 0.5) is 26.9 Å². The number of carbonyl (C=O) groups excluding carboxylic acids is 4. The molecule has 0 saturated carbocycles. The van der Waals surface area contributed by atoms with Crippen molar-refractivity contribution in [1.82, 2.24) is 0 Å². The molecule has 1 aliphatic rings. The number of nitrogens with two attached hydrogens (primary N) is 1. The number of nitrogens with zero attached hydrogens (tertiary/aromatic N) is 3. The molecule has 0 bridgehead atoms. The Kier molecular flexibility index (Phi) is 9.72. The van der Waals surface area contributed by atoms with Crippen LogP contribution in [0.2, 0.25) is 0 Å². The average molecular weight is 641 g/mol. The fourth-order valence-electron chi connectivity index (χ4n) is 5.29. The van der Waals surface area contributed by atoms with Crippen molar-refractivity contribution in [1.29, 1.82) is 0 Å². The molecule has 10 nitrogen and oxygen atoms in total. The smallest absolute Gasteiger partial charge is 0.326 e. The van der Waals surface area contributed by atoms with E-state index < -0.39 is 35.5 Å². The molecule has 1 atom stereocenters. The van der Waals surface area contributed by atoms with Crippen LogP contribution >= 0.6 is 11.3 Å². The first kappa shape index (κ1) is 32.2. The van der Waals surface area contributed by atoms with Crippen LogP contribution in [-0.2, 0) is 36.9 Å². The van der Waals surface area contributed by atoms with Crippen molar-refractivity contribution in [3.05, 3.63) is 108 Å². The Morgan fingerprint density at radius 1 is 0.891 bits per heavy atom. The number of thiophene rings is 1. The number of primary amides is 1. The summed E-state index contributed by atoms with van der Waals surface area (Å²) in [4.78, 5) is 58.4. The Labute approximate surface area is 271 Å². The van der Waals surface area contributed by atoms with Crippen LogP contribution in [0.3, 0.4) is 0 Å². The van der Waals surface area contributed by atoms with E-state index in [2.05, 4.69) is 0 Å². The van der Waals surface area contributed by atoms with Crippen LogP contribution < -0.4 is 20.4 Å². The Balaban J connectivity index is 1.52. The number of hydrogen-bond acceptors (Lipinski definition) is 8. The number of rotatable bonds is 9. The normalized spacial score (nSPS) is 14.7. The Morgan fingerprint density at radius 3 is 2.17 bits per heavy atom. The van der Waals surface area contributed by atoms with E-state index in [4.69, 9.17) is 15.2 Å². The second-order valence-corrected chi connectivity index (χ2v) is 12.6. The molecule has 1 unspecified atom stereocenters. The molecule has 0 fully saturated rings. The van der Waals surface area contributed by atoms with Gasteiger partial charge in [0.25, 0.3) is 5.91 Å². The molecule has 0 aliphatic carbocycles. The molecule has 0 saturated heterocycles. The maximum Gasteiger partial charge on any atom is 0.326 e. The van der Waals surface area contributed by atoms with Crippen molar-refractivity contribution >= 4 is 57.3 Å². The zero-order chi connectivity index (χ0) is 32.8. The van der Waals surface area contributed by atoms with E-state index in [0.717, 1.165) is 11.3 Å². The highest BCUT2D eigenvalue weighted by molar-refractivity contribution is 7.14. The number of esters is 2. The third-order valence-electron chi connectivity index (χ3n) is 7.21. The summed E-state index contributed by atoms with van der Waals surface area (Å²) in [5.74, 6) is -1.63. The number of carbonyl (C=O) groups is 4. The van der Waals surface area contributed by atoms with Crippen LogP contribution in [0.25, 0.3) is 0 Å². The fourth-order valence-corrected chi connectivity index (χ4v) is 6.28. The average Bonchev–Trinajstić information content (AvgIpc) is 3.43. The molecule has 3 aromatic carbocycles. The zero-order valence-corrected chi connectivity index (χ0v) is 26.7. The minimum atomic E-state index is -1.18. The van der Waals surface area contributed by atoms with Gasteiger partial charge in [0.05, 0.1) is 24.3 Å². The number of anilines is 4. The molecule has 0 spiro atoms. The number of ether oxygens (including phenoxy) is 2. The highest BCUT2D eigenvalue weighted by Gasteiger charge is 2.42. The standard InChI is InChI=1S/C35H36N4O6S/c1-35(2,3)45-31(41)22-38-28-17-11-10-16-27(28)37(26-14-8-5-9-15-26)21-29(32(38)42)39(34(36)43)33-25(18-19-46-33)20-30(40)44-23-24-12-6-4-7-13-24/h4-19,29H,20-23H2,1-3H3,(H2,36,43). The van der Waals surface area contributed by atoms with Crippen LogP contribution in [0, 0.1) is 0 Å². The molecule has 11 heteroatoms. The molecular formula is C35H36N4O6S. The van der Waals surface area contributed by atoms with E-state index >= 15 is 0 Å². The number of amides is 3. The molecule has 4 aromatic rings. The van der Waals surface area contributed by atoms with Gasteiger partial charge in [0.1, 0.15) is 29.8 Å². The van der Waals surface area contributed by atoms with Gasteiger partial charge in [0.15, 0.2) is 0 Å². The predicted molar refractivity (Wildman–Crippen MR) is 178 cm³/mol. The van der Waals surface area contributed by atoms with Gasteiger partial charge in [-0.1, -0.05) is 60.7 Å². The monoisotopic (exact) mass is 640 g/mol. The second-order valence-electron chi connectivity index (χ2n) is 11.7. The number of urea groups is 1. The van der Waals surface area contributed by atoms with E-state index in [1.54, 1.807) is 44.4 Å². The largest absolute Gasteiger partial charge is 0.461 e. The van der Waals surface area contributed by atoms with Gasteiger partial charge in [-0.2, -0.15) is 0 Å². The summed E-state index contributed by atoms with van der Waals surface area (Å²) in [5, 5.41) is 2.08. The summed E-state index contributed by atoms with van der Waals surface area (Å²) in [6.07, 6.45) is -0.138. The van der Waals surface area contributed by atoms with Gasteiger partial charge in [-0.25, -0.2) is 4.79 Å². The number of hydrogen-bond donors (Lipinski definition) is 1. The lowest BCUT2D eigenvalue weighted by atomic mass is 10.1. The van der Waals surface area contributed by atoms with E-state index in [1.165, 1.54) is 21.1 Å². The lowest BCUT2D eigenvalue weighted by Crippen LogP contribution is -2.56. The van der Waals surface area contributed by atoms with Gasteiger partial charge in [-0.3, -0.25) is 24.2 Å². The lowest BCUT2D eigenvalue weighted by molar-refractivity contribution is -0.153. The third-order valence-corrected chi connectivity index (χ3v) is 8.17. The molecule has 1 aliphatic heterocycles. The summed E-state index contributed by atoms with van der Waals surface area (Å²) in [7, 11) is 0. The number of benzene rings is 3. The molecule has 0 radical (unpaired) electrons. The molecule has 2 N–H and O–H groups in total. The first-order valence-corrected chi connectivity index (χ1v) is 15.7. The number of para-hydroxylation sites is 3. The van der Waals surface area contributed by atoms with Crippen molar-refractivity contribution in [3.8, 4) is 0 Å². The number of fused-ring (bicyclic) bond motifs is 1. The maximum absolute atomic E-state index is 14.6.